The number of carbonyl (C=O) groups excluding carboxylic acids is 1. The number of hydrogen-bond acceptors (Lipinski definition) is 6. The Labute approximate surface area is 157 Å². The topological polar surface area (TPSA) is 75.4 Å². The molecule has 0 radical (unpaired) electrons. The van der Waals surface area contributed by atoms with Gasteiger partial charge in [0, 0.05) is 49.7 Å². The second-order valence-electron chi connectivity index (χ2n) is 6.63. The van der Waals surface area contributed by atoms with Crippen molar-refractivity contribution in [2.45, 2.75) is 13.5 Å². The molecule has 0 bridgehead atoms. The summed E-state index contributed by atoms with van der Waals surface area (Å²) >= 11 is 0. The Morgan fingerprint density at radius 2 is 1.81 bits per heavy atom. The summed E-state index contributed by atoms with van der Waals surface area (Å²) in [6, 6.07) is 11.5. The van der Waals surface area contributed by atoms with Crippen molar-refractivity contribution in [2.24, 2.45) is 0 Å². The number of amides is 1. The first-order valence-corrected chi connectivity index (χ1v) is 9.01. The third-order valence-electron chi connectivity index (χ3n) is 4.80. The van der Waals surface area contributed by atoms with Gasteiger partial charge in [-0.3, -0.25) is 14.7 Å². The van der Waals surface area contributed by atoms with Gasteiger partial charge in [-0.25, -0.2) is 0 Å². The van der Waals surface area contributed by atoms with Gasteiger partial charge in [0.1, 0.15) is 0 Å². The highest BCUT2D eigenvalue weighted by Crippen LogP contribution is 2.20. The molecule has 3 heterocycles. The van der Waals surface area contributed by atoms with E-state index in [1.165, 1.54) is 0 Å². The molecule has 0 saturated carbocycles. The molecule has 4 rings (SSSR count). The molecule has 0 spiro atoms. The molecule has 1 aromatic carbocycles. The zero-order valence-corrected chi connectivity index (χ0v) is 15.2. The van der Waals surface area contributed by atoms with E-state index in [2.05, 4.69) is 20.0 Å². The lowest BCUT2D eigenvalue weighted by Crippen LogP contribution is -2.48. The molecule has 1 aliphatic heterocycles. The van der Waals surface area contributed by atoms with E-state index in [4.69, 9.17) is 4.52 Å². The Morgan fingerprint density at radius 1 is 1.07 bits per heavy atom. The van der Waals surface area contributed by atoms with Crippen LogP contribution in [-0.2, 0) is 6.54 Å². The Hall–Kier alpha value is -3.06. The predicted octanol–water partition coefficient (Wildman–Crippen LogP) is 2.40. The molecule has 1 aliphatic rings. The third kappa shape index (κ3) is 3.88. The fraction of sp³-hybridized carbons (Fsp3) is 0.300. The van der Waals surface area contributed by atoms with Gasteiger partial charge >= 0.3 is 0 Å². The number of pyridine rings is 1. The summed E-state index contributed by atoms with van der Waals surface area (Å²) in [4.78, 5) is 25.1. The minimum Gasteiger partial charge on any atom is -0.338 e. The van der Waals surface area contributed by atoms with Crippen LogP contribution in [0.2, 0.25) is 0 Å². The highest BCUT2D eigenvalue weighted by molar-refractivity contribution is 5.94. The highest BCUT2D eigenvalue weighted by Gasteiger charge is 2.23. The zero-order chi connectivity index (χ0) is 18.6. The standard InChI is InChI=1S/C20H21N5O2/c1-15-4-2-3-5-17(15)19-22-18(27-23-19)14-24-10-12-25(13-11-24)20(26)16-6-8-21-9-7-16/h2-9H,10-14H2,1H3. The van der Waals surface area contributed by atoms with Crippen molar-refractivity contribution in [1.82, 2.24) is 24.9 Å². The van der Waals surface area contributed by atoms with Gasteiger partial charge in [-0.05, 0) is 24.6 Å². The molecule has 7 nitrogen and oxygen atoms in total. The highest BCUT2D eigenvalue weighted by atomic mass is 16.5. The summed E-state index contributed by atoms with van der Waals surface area (Å²) in [5.74, 6) is 1.27. The van der Waals surface area contributed by atoms with Gasteiger partial charge in [0.05, 0.1) is 6.54 Å². The van der Waals surface area contributed by atoms with Crippen molar-refractivity contribution in [3.63, 3.8) is 0 Å². The van der Waals surface area contributed by atoms with Crippen LogP contribution in [0, 0.1) is 6.92 Å². The summed E-state index contributed by atoms with van der Waals surface area (Å²) in [6.07, 6.45) is 3.29. The lowest BCUT2D eigenvalue weighted by Gasteiger charge is -2.33. The van der Waals surface area contributed by atoms with E-state index in [0.717, 1.165) is 24.2 Å². The quantitative estimate of drug-likeness (QED) is 0.709. The lowest BCUT2D eigenvalue weighted by atomic mass is 10.1. The number of aryl methyl sites for hydroxylation is 1. The predicted molar refractivity (Wildman–Crippen MR) is 99.9 cm³/mol. The molecule has 3 aromatic rings. The first-order chi connectivity index (χ1) is 13.2. The summed E-state index contributed by atoms with van der Waals surface area (Å²) in [7, 11) is 0. The van der Waals surface area contributed by atoms with Crippen molar-refractivity contribution in [1.29, 1.82) is 0 Å². The first kappa shape index (κ1) is 17.4. The number of benzene rings is 1. The molecule has 0 atom stereocenters. The van der Waals surface area contributed by atoms with Crippen LogP contribution >= 0.6 is 0 Å². The third-order valence-corrected chi connectivity index (χ3v) is 4.80. The normalized spacial score (nSPS) is 15.1. The minimum absolute atomic E-state index is 0.0525. The average Bonchev–Trinajstić information content (AvgIpc) is 3.17. The number of hydrogen-bond donors (Lipinski definition) is 0. The van der Waals surface area contributed by atoms with E-state index in [0.29, 0.717) is 36.9 Å². The van der Waals surface area contributed by atoms with Gasteiger partial charge in [0.25, 0.3) is 5.91 Å². The van der Waals surface area contributed by atoms with E-state index in [-0.39, 0.29) is 5.91 Å². The van der Waals surface area contributed by atoms with E-state index in [1.54, 1.807) is 24.5 Å². The lowest BCUT2D eigenvalue weighted by molar-refractivity contribution is 0.0615. The Bertz CT molecular complexity index is 917. The Kier molecular flexibility index (Phi) is 4.93. The van der Waals surface area contributed by atoms with E-state index < -0.39 is 0 Å². The van der Waals surface area contributed by atoms with E-state index >= 15 is 0 Å². The van der Waals surface area contributed by atoms with Crippen LogP contribution < -0.4 is 0 Å². The van der Waals surface area contributed by atoms with Gasteiger partial charge in [0.15, 0.2) is 0 Å². The molecule has 0 aliphatic carbocycles. The first-order valence-electron chi connectivity index (χ1n) is 9.01. The van der Waals surface area contributed by atoms with Crippen LogP contribution in [0.5, 0.6) is 0 Å². The summed E-state index contributed by atoms with van der Waals surface area (Å²) in [5, 5.41) is 4.11. The molecule has 1 saturated heterocycles. The van der Waals surface area contributed by atoms with Crippen molar-refractivity contribution >= 4 is 5.91 Å². The molecule has 2 aromatic heterocycles. The second-order valence-corrected chi connectivity index (χ2v) is 6.63. The van der Waals surface area contributed by atoms with Crippen molar-refractivity contribution in [2.75, 3.05) is 26.2 Å². The van der Waals surface area contributed by atoms with Crippen LogP contribution in [0.4, 0.5) is 0 Å². The number of piperazine rings is 1. The van der Waals surface area contributed by atoms with Crippen LogP contribution in [-0.4, -0.2) is 57.0 Å². The number of aromatic nitrogens is 3. The van der Waals surface area contributed by atoms with Gasteiger partial charge in [-0.2, -0.15) is 4.98 Å². The zero-order valence-electron chi connectivity index (χ0n) is 15.2. The minimum atomic E-state index is 0.0525. The molecule has 1 amide bonds. The summed E-state index contributed by atoms with van der Waals surface area (Å²) in [5.41, 5.74) is 2.78. The fourth-order valence-corrected chi connectivity index (χ4v) is 3.23. The van der Waals surface area contributed by atoms with Gasteiger partial charge < -0.3 is 9.42 Å². The molecular formula is C20H21N5O2. The van der Waals surface area contributed by atoms with Crippen LogP contribution in [0.15, 0.2) is 53.3 Å². The molecule has 0 unspecified atom stereocenters. The van der Waals surface area contributed by atoms with Gasteiger partial charge in [0.2, 0.25) is 11.7 Å². The maximum atomic E-state index is 12.5. The largest absolute Gasteiger partial charge is 0.338 e. The van der Waals surface area contributed by atoms with Crippen LogP contribution in [0.1, 0.15) is 21.8 Å². The molecule has 0 N–H and O–H groups in total. The van der Waals surface area contributed by atoms with Crippen LogP contribution in [0.3, 0.4) is 0 Å². The fourth-order valence-electron chi connectivity index (χ4n) is 3.23. The molecule has 1 fully saturated rings. The summed E-state index contributed by atoms with van der Waals surface area (Å²) in [6.45, 7) is 5.54. The maximum Gasteiger partial charge on any atom is 0.254 e. The molecule has 138 valence electrons. The van der Waals surface area contributed by atoms with Gasteiger partial charge in [-0.1, -0.05) is 29.4 Å². The monoisotopic (exact) mass is 363 g/mol. The van der Waals surface area contributed by atoms with Crippen molar-refractivity contribution < 1.29 is 9.32 Å². The average molecular weight is 363 g/mol. The SMILES string of the molecule is Cc1ccccc1-c1noc(CN2CCN(C(=O)c3ccncc3)CC2)n1. The molecule has 27 heavy (non-hydrogen) atoms. The van der Waals surface area contributed by atoms with Crippen molar-refractivity contribution in [3.8, 4) is 11.4 Å². The molecule has 7 heteroatoms. The number of nitrogens with zero attached hydrogens (tertiary/aromatic N) is 5. The maximum absolute atomic E-state index is 12.5. The van der Waals surface area contributed by atoms with Crippen molar-refractivity contribution in [3.05, 3.63) is 65.8 Å². The smallest absolute Gasteiger partial charge is 0.254 e. The van der Waals surface area contributed by atoms with Gasteiger partial charge in [-0.15, -0.1) is 0 Å². The van der Waals surface area contributed by atoms with E-state index in [9.17, 15) is 4.79 Å². The molecular weight excluding hydrogens is 342 g/mol. The second kappa shape index (κ2) is 7.67. The Balaban J connectivity index is 1.35. The summed E-state index contributed by atoms with van der Waals surface area (Å²) < 4.78 is 5.43. The number of rotatable bonds is 4. The van der Waals surface area contributed by atoms with E-state index in [1.807, 2.05) is 36.1 Å². The van der Waals surface area contributed by atoms with Crippen LogP contribution in [0.25, 0.3) is 11.4 Å². The Morgan fingerprint density at radius 3 is 2.56 bits per heavy atom. The number of carbonyl (C=O) groups is 1.